The maximum absolute atomic E-state index is 6.56. The van der Waals surface area contributed by atoms with Crippen LogP contribution < -0.4 is 4.90 Å². The van der Waals surface area contributed by atoms with E-state index in [1.165, 1.54) is 38.4 Å². The Balaban J connectivity index is 1.10. The van der Waals surface area contributed by atoms with Crippen molar-refractivity contribution in [2.24, 2.45) is 0 Å². The van der Waals surface area contributed by atoms with Gasteiger partial charge in [0.25, 0.3) is 0 Å². The van der Waals surface area contributed by atoms with Gasteiger partial charge in [0.15, 0.2) is 0 Å². The van der Waals surface area contributed by atoms with E-state index in [9.17, 15) is 0 Å². The van der Waals surface area contributed by atoms with Crippen LogP contribution in [0, 0.1) is 0 Å². The van der Waals surface area contributed by atoms with E-state index in [-0.39, 0.29) is 0 Å². The fraction of sp³-hybridized carbons (Fsp3) is 0. The van der Waals surface area contributed by atoms with Crippen molar-refractivity contribution in [3.05, 3.63) is 200 Å². The Hall–Kier alpha value is -6.90. The Morgan fingerprint density at radius 2 is 0.923 bits per heavy atom. The van der Waals surface area contributed by atoms with Gasteiger partial charge in [-0.05, 0) is 86.6 Å². The predicted octanol–water partition coefficient (Wildman–Crippen LogP) is 14.4. The van der Waals surface area contributed by atoms with Gasteiger partial charge in [0.05, 0.1) is 5.69 Å². The first-order valence-corrected chi connectivity index (χ1v) is 17.8. The van der Waals surface area contributed by atoms with Crippen LogP contribution in [0.15, 0.2) is 205 Å². The first-order valence-electron chi connectivity index (χ1n) is 17.8. The second-order valence-corrected chi connectivity index (χ2v) is 13.3. The van der Waals surface area contributed by atoms with Gasteiger partial charge < -0.3 is 9.32 Å². The Kier molecular flexibility index (Phi) is 7.18. The highest BCUT2D eigenvalue weighted by Crippen LogP contribution is 2.43. The van der Waals surface area contributed by atoms with E-state index < -0.39 is 0 Å². The highest BCUT2D eigenvalue weighted by molar-refractivity contribution is 6.19. The van der Waals surface area contributed by atoms with Crippen LogP contribution in [0.1, 0.15) is 0 Å². The van der Waals surface area contributed by atoms with E-state index in [4.69, 9.17) is 4.42 Å². The van der Waals surface area contributed by atoms with Crippen LogP contribution in [0.25, 0.3) is 76.9 Å². The average molecular weight is 664 g/mol. The lowest BCUT2D eigenvalue weighted by molar-refractivity contribution is 0.673. The number of furan rings is 1. The molecular weight excluding hydrogens is 631 g/mol. The molecule has 0 aliphatic heterocycles. The summed E-state index contributed by atoms with van der Waals surface area (Å²) in [5.74, 6) is 0. The highest BCUT2D eigenvalue weighted by Gasteiger charge is 2.19. The molecule has 52 heavy (non-hydrogen) atoms. The number of nitrogens with zero attached hydrogens (tertiary/aromatic N) is 1. The Morgan fingerprint density at radius 1 is 0.346 bits per heavy atom. The van der Waals surface area contributed by atoms with E-state index in [2.05, 4.69) is 205 Å². The zero-order valence-electron chi connectivity index (χ0n) is 28.4. The van der Waals surface area contributed by atoms with Crippen LogP contribution in [0.2, 0.25) is 0 Å². The van der Waals surface area contributed by atoms with Crippen molar-refractivity contribution in [2.75, 3.05) is 4.90 Å². The molecule has 2 heteroatoms. The summed E-state index contributed by atoms with van der Waals surface area (Å²) < 4.78 is 6.56. The van der Waals surface area contributed by atoms with E-state index in [0.717, 1.165) is 55.5 Å². The molecular formula is C50H33NO. The zero-order valence-corrected chi connectivity index (χ0v) is 28.4. The minimum atomic E-state index is 0.896. The van der Waals surface area contributed by atoms with Crippen molar-refractivity contribution < 1.29 is 4.42 Å². The molecule has 1 aromatic heterocycles. The molecule has 0 bridgehead atoms. The van der Waals surface area contributed by atoms with Crippen LogP contribution in [-0.2, 0) is 0 Å². The lowest BCUT2D eigenvalue weighted by Crippen LogP contribution is -2.10. The summed E-state index contributed by atoms with van der Waals surface area (Å²) in [6.07, 6.45) is 0. The second kappa shape index (κ2) is 12.5. The lowest BCUT2D eigenvalue weighted by Gasteiger charge is -2.27. The van der Waals surface area contributed by atoms with Crippen molar-refractivity contribution in [2.45, 2.75) is 0 Å². The molecule has 0 spiro atoms. The molecule has 0 saturated heterocycles. The van der Waals surface area contributed by atoms with Crippen LogP contribution in [-0.4, -0.2) is 0 Å². The molecule has 0 saturated carbocycles. The molecule has 0 atom stereocenters. The number of anilines is 3. The molecule has 9 aromatic carbocycles. The standard InChI is InChI=1S/C50H33NO/c1-2-11-34(12-3-1)35-23-25-36(26-24-35)37-27-30-41(31-28-37)51(47-21-9-15-38-13-4-6-18-43(38)47)42-17-8-16-40(33-42)44-20-10-22-48-49(44)46-32-29-39-14-5-7-19-45(39)50(46)52-48/h1-33H. The molecule has 2 nitrogen and oxygen atoms in total. The summed E-state index contributed by atoms with van der Waals surface area (Å²) in [5, 5.41) is 6.99. The van der Waals surface area contributed by atoms with Crippen molar-refractivity contribution >= 4 is 60.5 Å². The van der Waals surface area contributed by atoms with Crippen molar-refractivity contribution in [3.8, 4) is 33.4 Å². The van der Waals surface area contributed by atoms with E-state index in [0.29, 0.717) is 0 Å². The smallest absolute Gasteiger partial charge is 0.143 e. The molecule has 0 N–H and O–H groups in total. The SMILES string of the molecule is c1ccc(-c2ccc(-c3ccc(N(c4cccc(-c5cccc6oc7c8ccccc8ccc7c56)c4)c4cccc5ccccc45)cc3)cc2)cc1. The fourth-order valence-corrected chi connectivity index (χ4v) is 7.73. The third-order valence-corrected chi connectivity index (χ3v) is 10.3. The minimum Gasteiger partial charge on any atom is -0.455 e. The third-order valence-electron chi connectivity index (χ3n) is 10.3. The van der Waals surface area contributed by atoms with E-state index in [1.807, 2.05) is 0 Å². The van der Waals surface area contributed by atoms with E-state index >= 15 is 0 Å². The van der Waals surface area contributed by atoms with Gasteiger partial charge in [0.2, 0.25) is 0 Å². The largest absolute Gasteiger partial charge is 0.455 e. The average Bonchev–Trinajstić information content (AvgIpc) is 3.62. The topological polar surface area (TPSA) is 16.4 Å². The number of rotatable bonds is 6. The summed E-state index contributed by atoms with van der Waals surface area (Å²) in [6.45, 7) is 0. The summed E-state index contributed by atoms with van der Waals surface area (Å²) in [6, 6.07) is 71.6. The summed E-state index contributed by atoms with van der Waals surface area (Å²) in [4.78, 5) is 2.38. The molecule has 0 aliphatic carbocycles. The molecule has 0 radical (unpaired) electrons. The Labute approximate surface area is 302 Å². The fourth-order valence-electron chi connectivity index (χ4n) is 7.73. The van der Waals surface area contributed by atoms with Gasteiger partial charge in [-0.25, -0.2) is 0 Å². The van der Waals surface area contributed by atoms with Crippen LogP contribution in [0.5, 0.6) is 0 Å². The first kappa shape index (κ1) is 30.0. The molecule has 0 aliphatic rings. The van der Waals surface area contributed by atoms with Crippen molar-refractivity contribution in [3.63, 3.8) is 0 Å². The summed E-state index contributed by atoms with van der Waals surface area (Å²) >= 11 is 0. The summed E-state index contributed by atoms with van der Waals surface area (Å²) in [7, 11) is 0. The van der Waals surface area contributed by atoms with Gasteiger partial charge in [-0.15, -0.1) is 0 Å². The van der Waals surface area contributed by atoms with Crippen LogP contribution >= 0.6 is 0 Å². The van der Waals surface area contributed by atoms with Crippen molar-refractivity contribution in [1.29, 1.82) is 0 Å². The molecule has 0 unspecified atom stereocenters. The molecule has 0 fully saturated rings. The van der Waals surface area contributed by atoms with Crippen LogP contribution in [0.4, 0.5) is 17.1 Å². The molecule has 1 heterocycles. The number of fused-ring (bicyclic) bond motifs is 6. The van der Waals surface area contributed by atoms with Crippen molar-refractivity contribution in [1.82, 2.24) is 0 Å². The normalized spacial score (nSPS) is 11.5. The number of hydrogen-bond acceptors (Lipinski definition) is 2. The van der Waals surface area contributed by atoms with Gasteiger partial charge in [-0.2, -0.15) is 0 Å². The zero-order chi connectivity index (χ0) is 34.4. The molecule has 244 valence electrons. The van der Waals surface area contributed by atoms with Gasteiger partial charge in [-0.3, -0.25) is 0 Å². The Morgan fingerprint density at radius 3 is 1.69 bits per heavy atom. The second-order valence-electron chi connectivity index (χ2n) is 13.3. The third kappa shape index (κ3) is 5.12. The maximum Gasteiger partial charge on any atom is 0.143 e. The first-order chi connectivity index (χ1) is 25.8. The van der Waals surface area contributed by atoms with Gasteiger partial charge in [0.1, 0.15) is 11.2 Å². The minimum absolute atomic E-state index is 0.896. The molecule has 10 rings (SSSR count). The predicted molar refractivity (Wildman–Crippen MR) is 220 cm³/mol. The van der Waals surface area contributed by atoms with Gasteiger partial charge >= 0.3 is 0 Å². The summed E-state index contributed by atoms with van der Waals surface area (Å²) in [5.41, 5.74) is 12.3. The molecule has 10 aromatic rings. The number of benzene rings is 9. The van der Waals surface area contributed by atoms with Crippen LogP contribution in [0.3, 0.4) is 0 Å². The van der Waals surface area contributed by atoms with Gasteiger partial charge in [0, 0.05) is 32.9 Å². The Bertz CT molecular complexity index is 2880. The number of hydrogen-bond donors (Lipinski definition) is 0. The highest BCUT2D eigenvalue weighted by atomic mass is 16.3. The lowest BCUT2D eigenvalue weighted by atomic mass is 9.97. The van der Waals surface area contributed by atoms with Gasteiger partial charge in [-0.1, -0.05) is 158 Å². The molecule has 0 amide bonds. The maximum atomic E-state index is 6.56. The quantitative estimate of drug-likeness (QED) is 0.176. The van der Waals surface area contributed by atoms with E-state index in [1.54, 1.807) is 0 Å². The monoisotopic (exact) mass is 663 g/mol.